The number of carbonyl (C=O) groups is 2. The van der Waals surface area contributed by atoms with Gasteiger partial charge in [0.25, 0.3) is 5.91 Å². The highest BCUT2D eigenvalue weighted by molar-refractivity contribution is 6.09. The van der Waals surface area contributed by atoms with Gasteiger partial charge in [-0.15, -0.1) is 0 Å². The summed E-state index contributed by atoms with van der Waals surface area (Å²) in [6, 6.07) is 10.7. The van der Waals surface area contributed by atoms with Crippen LogP contribution in [0.3, 0.4) is 0 Å². The molecule has 2 aliphatic carbocycles. The highest BCUT2D eigenvalue weighted by atomic mass is 19.1. The molecule has 3 atom stereocenters. The summed E-state index contributed by atoms with van der Waals surface area (Å²) in [6.07, 6.45) is 12.2. The van der Waals surface area contributed by atoms with Crippen LogP contribution in [0.5, 0.6) is 0 Å². The molecule has 1 spiro atoms. The number of piperidine rings is 2. The molecule has 1 aromatic carbocycles. The van der Waals surface area contributed by atoms with Crippen LogP contribution in [0.2, 0.25) is 0 Å². The lowest BCUT2D eigenvalue weighted by Crippen LogP contribution is -2.59. The van der Waals surface area contributed by atoms with E-state index in [4.69, 9.17) is 14.7 Å². The number of halogens is 1. The first-order valence-electron chi connectivity index (χ1n) is 19.6. The van der Waals surface area contributed by atoms with Crippen LogP contribution in [0.25, 0.3) is 22.3 Å². The van der Waals surface area contributed by atoms with E-state index in [1.54, 1.807) is 18.6 Å². The average molecular weight is 719 g/mol. The van der Waals surface area contributed by atoms with Gasteiger partial charge in [-0.05, 0) is 94.4 Å². The van der Waals surface area contributed by atoms with Crippen molar-refractivity contribution in [2.45, 2.75) is 94.9 Å². The number of benzene rings is 1. The van der Waals surface area contributed by atoms with Crippen molar-refractivity contribution in [1.29, 1.82) is 0 Å². The number of ether oxygens (including phenoxy) is 1. The topological polar surface area (TPSA) is 109 Å². The molecule has 7 heterocycles. The predicted octanol–water partition coefficient (Wildman–Crippen LogP) is 6.22. The molecule has 12 heteroatoms. The Kier molecular flexibility index (Phi) is 7.87. The fraction of sp³-hybridized carbons (Fsp3) is 0.537. The first-order valence-corrected chi connectivity index (χ1v) is 19.6. The lowest BCUT2D eigenvalue weighted by atomic mass is 9.73. The third-order valence-corrected chi connectivity index (χ3v) is 13.3. The summed E-state index contributed by atoms with van der Waals surface area (Å²) >= 11 is 0. The smallest absolute Gasteiger partial charge is 0.251 e. The Balaban J connectivity index is 1.01. The lowest BCUT2D eigenvalue weighted by Gasteiger charge is -2.49. The molecular formula is C41H47FN8O3. The van der Waals surface area contributed by atoms with Gasteiger partial charge >= 0.3 is 0 Å². The molecule has 5 fully saturated rings. The predicted molar refractivity (Wildman–Crippen MR) is 199 cm³/mol. The average Bonchev–Trinajstić information content (AvgIpc) is 3.77. The summed E-state index contributed by atoms with van der Waals surface area (Å²) < 4.78 is 22.4. The Morgan fingerprint density at radius 3 is 2.49 bits per heavy atom. The minimum atomic E-state index is -0.667. The van der Waals surface area contributed by atoms with Gasteiger partial charge in [0.15, 0.2) is 11.6 Å². The molecule has 2 bridgehead atoms. The number of hydrogen-bond donors (Lipinski definition) is 1. The number of aromatic nitrogens is 4. The first-order chi connectivity index (χ1) is 25.8. The number of pyridine rings is 2. The van der Waals surface area contributed by atoms with Crippen LogP contribution in [0, 0.1) is 17.7 Å². The maximum absolute atomic E-state index is 14.9. The van der Waals surface area contributed by atoms with Crippen LogP contribution in [-0.4, -0.2) is 92.1 Å². The molecule has 4 aromatic rings. The van der Waals surface area contributed by atoms with Gasteiger partial charge in [-0.1, -0.05) is 12.1 Å². The van der Waals surface area contributed by atoms with Crippen molar-refractivity contribution in [2.75, 3.05) is 43.0 Å². The molecule has 276 valence electrons. The molecule has 2 saturated carbocycles. The van der Waals surface area contributed by atoms with E-state index in [0.717, 1.165) is 58.9 Å². The van der Waals surface area contributed by atoms with Crippen LogP contribution in [-0.2, 0) is 19.7 Å². The van der Waals surface area contributed by atoms with Gasteiger partial charge in [-0.3, -0.25) is 19.5 Å². The number of likely N-dealkylation sites (tertiary alicyclic amines) is 2. The summed E-state index contributed by atoms with van der Waals surface area (Å²) in [6.45, 7) is 8.27. The molecule has 11 nitrogen and oxygen atoms in total. The van der Waals surface area contributed by atoms with E-state index in [9.17, 15) is 14.0 Å². The van der Waals surface area contributed by atoms with Crippen LogP contribution in [0.4, 0.5) is 21.6 Å². The summed E-state index contributed by atoms with van der Waals surface area (Å²) in [5.41, 5.74) is 4.73. The van der Waals surface area contributed by atoms with Crippen LogP contribution < -0.4 is 10.2 Å². The number of amides is 2. The molecule has 53 heavy (non-hydrogen) atoms. The van der Waals surface area contributed by atoms with E-state index in [2.05, 4.69) is 52.1 Å². The largest absolute Gasteiger partial charge is 0.368 e. The third kappa shape index (κ3) is 5.38. The zero-order valence-electron chi connectivity index (χ0n) is 30.5. The summed E-state index contributed by atoms with van der Waals surface area (Å²) in [4.78, 5) is 48.6. The Hall–Kier alpha value is -4.42. The zero-order chi connectivity index (χ0) is 36.0. The Bertz CT molecular complexity index is 2090. The molecule has 3 unspecified atom stereocenters. The fourth-order valence-corrected chi connectivity index (χ4v) is 10.2. The second-order valence-corrected chi connectivity index (χ2v) is 16.7. The van der Waals surface area contributed by atoms with Crippen molar-refractivity contribution in [2.24, 2.45) is 11.8 Å². The molecule has 4 aliphatic heterocycles. The first kappa shape index (κ1) is 33.2. The second kappa shape index (κ2) is 12.6. The van der Waals surface area contributed by atoms with E-state index < -0.39 is 11.2 Å². The van der Waals surface area contributed by atoms with Crippen LogP contribution in [0.15, 0.2) is 49.1 Å². The van der Waals surface area contributed by atoms with Crippen molar-refractivity contribution in [1.82, 2.24) is 29.3 Å². The zero-order valence-corrected chi connectivity index (χ0v) is 30.5. The molecule has 3 aromatic heterocycles. The summed E-state index contributed by atoms with van der Waals surface area (Å²) in [5, 5.41) is 3.24. The molecule has 6 aliphatic rings. The van der Waals surface area contributed by atoms with E-state index in [-0.39, 0.29) is 35.7 Å². The number of hydrogen-bond acceptors (Lipinski definition) is 8. The molecule has 1 N–H and O–H groups in total. The molecule has 10 rings (SSSR count). The van der Waals surface area contributed by atoms with E-state index in [1.165, 1.54) is 38.5 Å². The van der Waals surface area contributed by atoms with E-state index >= 15 is 0 Å². The van der Waals surface area contributed by atoms with Crippen molar-refractivity contribution >= 4 is 40.0 Å². The lowest BCUT2D eigenvalue weighted by molar-refractivity contribution is -0.158. The number of nitrogens with zero attached hydrogens (tertiary/aromatic N) is 7. The SMILES string of the molecule is CC(C)n1cnc2cc(-c3ccc4c(c3)N([C@H]3C[C@@H](N5CC6CCC(C6)C5)C3)C(=O)C43CCN(C(=O)C4CCO4)CC3)nc(Nc3ccncc3F)c21. The summed E-state index contributed by atoms with van der Waals surface area (Å²) in [7, 11) is 0. The number of nitrogens with one attached hydrogen (secondary N) is 1. The Morgan fingerprint density at radius 2 is 1.79 bits per heavy atom. The molecular weight excluding hydrogens is 672 g/mol. The van der Waals surface area contributed by atoms with Crippen LogP contribution in [0.1, 0.15) is 76.8 Å². The minimum Gasteiger partial charge on any atom is -0.368 e. The number of imidazole rings is 1. The number of carbonyl (C=O) groups excluding carboxylic acids is 2. The summed E-state index contributed by atoms with van der Waals surface area (Å²) in [5.74, 6) is 1.93. The van der Waals surface area contributed by atoms with E-state index in [1.807, 2.05) is 15.5 Å². The quantitative estimate of drug-likeness (QED) is 0.240. The fourth-order valence-electron chi connectivity index (χ4n) is 10.2. The van der Waals surface area contributed by atoms with Gasteiger partial charge in [0.1, 0.15) is 11.6 Å². The standard InChI is InChI=1S/C41H47FN8O3/c1-24(2)49-23-44-34-19-33(46-38(37(34)49)45-32-7-11-43-20-31(32)42)27-5-6-30-35(16-27)50(29-17-28(18-29)48-21-25-3-4-26(15-25)22-48)40(52)41(30)9-12-47(13-10-41)39(51)36-8-14-53-36/h5-7,11,16,19-20,23-26,28-29,36H,3-4,8-10,12-15,17-18,21-22H2,1-2H3,(H,43,45,46)/t25?,26?,28-,29+,36?. The number of anilines is 3. The van der Waals surface area contributed by atoms with Crippen molar-refractivity contribution < 1.29 is 18.7 Å². The maximum atomic E-state index is 14.9. The highest BCUT2D eigenvalue weighted by Gasteiger charge is 2.56. The Labute approximate surface area is 308 Å². The van der Waals surface area contributed by atoms with Crippen molar-refractivity contribution in [3.05, 3.63) is 60.4 Å². The Morgan fingerprint density at radius 1 is 1.02 bits per heavy atom. The van der Waals surface area contributed by atoms with Gasteiger partial charge in [0, 0.05) is 68.2 Å². The van der Waals surface area contributed by atoms with Crippen LogP contribution >= 0.6 is 0 Å². The number of fused-ring (bicyclic) bond motifs is 5. The van der Waals surface area contributed by atoms with Gasteiger partial charge < -0.3 is 24.4 Å². The second-order valence-electron chi connectivity index (χ2n) is 16.7. The van der Waals surface area contributed by atoms with Crippen molar-refractivity contribution in [3.63, 3.8) is 0 Å². The van der Waals surface area contributed by atoms with Crippen molar-refractivity contribution in [3.8, 4) is 11.3 Å². The van der Waals surface area contributed by atoms with Gasteiger partial charge in [0.2, 0.25) is 5.91 Å². The normalized spacial score (nSPS) is 27.7. The molecule has 3 saturated heterocycles. The minimum absolute atomic E-state index is 0.0544. The maximum Gasteiger partial charge on any atom is 0.251 e. The monoisotopic (exact) mass is 718 g/mol. The third-order valence-electron chi connectivity index (χ3n) is 13.3. The van der Waals surface area contributed by atoms with Gasteiger partial charge in [-0.25, -0.2) is 14.4 Å². The van der Waals surface area contributed by atoms with Gasteiger partial charge in [-0.2, -0.15) is 0 Å². The highest BCUT2D eigenvalue weighted by Crippen LogP contribution is 2.53. The molecule has 2 amide bonds. The van der Waals surface area contributed by atoms with E-state index in [0.29, 0.717) is 50.1 Å². The number of rotatable bonds is 7. The molecule has 0 radical (unpaired) electrons. The van der Waals surface area contributed by atoms with Gasteiger partial charge in [0.05, 0.1) is 41.4 Å².